The van der Waals surface area contributed by atoms with Gasteiger partial charge in [-0.1, -0.05) is 156 Å². The van der Waals surface area contributed by atoms with E-state index in [4.69, 9.17) is 15.6 Å². The number of ether oxygens (including phenoxy) is 1. The summed E-state index contributed by atoms with van der Waals surface area (Å²) in [5.41, 5.74) is 7.75. The highest BCUT2D eigenvalue weighted by molar-refractivity contribution is 9.11. The number of carbonyl (C=O) groups is 5. The summed E-state index contributed by atoms with van der Waals surface area (Å²) in [6.45, 7) is 11.4. The summed E-state index contributed by atoms with van der Waals surface area (Å²) in [6, 6.07) is 29.7. The molecule has 0 radical (unpaired) electrons. The Balaban J connectivity index is 0.000000239. The monoisotopic (exact) mass is 970 g/mol. The first-order valence-electron chi connectivity index (χ1n) is 17.9. The molecule has 1 fully saturated rings. The van der Waals surface area contributed by atoms with Crippen LogP contribution in [0.3, 0.4) is 0 Å². The first-order valence-corrected chi connectivity index (χ1v) is 20.3. The van der Waals surface area contributed by atoms with E-state index in [1.54, 1.807) is 0 Å². The number of esters is 1. The van der Waals surface area contributed by atoms with Gasteiger partial charge in [0.2, 0.25) is 5.91 Å². The van der Waals surface area contributed by atoms with E-state index in [0.717, 1.165) is 35.7 Å². The summed E-state index contributed by atoms with van der Waals surface area (Å²) >= 11 is 10.1. The predicted molar refractivity (Wildman–Crippen MR) is 232 cm³/mol. The van der Waals surface area contributed by atoms with E-state index in [9.17, 15) is 24.0 Å². The topological polar surface area (TPSA) is 177 Å². The molecule has 4 amide bonds. The normalized spacial score (nSPS) is 15.0. The number of carbonyl (C=O) groups excluding carboxylic acids is 4. The average molecular weight is 974 g/mol. The lowest BCUT2D eigenvalue weighted by Crippen LogP contribution is -2.53. The van der Waals surface area contributed by atoms with Crippen LogP contribution in [0.1, 0.15) is 63.8 Å². The van der Waals surface area contributed by atoms with E-state index < -0.39 is 52.3 Å². The van der Waals surface area contributed by atoms with Crippen molar-refractivity contribution in [1.82, 2.24) is 16.0 Å². The molecule has 0 saturated carbocycles. The molecular weight excluding hydrogens is 924 g/mol. The average Bonchev–Trinajstić information content (AvgIpc) is 3.52. The largest absolute Gasteiger partial charge is 0.480 e. The number of halogens is 3. The molecule has 1 saturated heterocycles. The maximum absolute atomic E-state index is 12.4. The van der Waals surface area contributed by atoms with Crippen molar-refractivity contribution in [3.8, 4) is 0 Å². The van der Waals surface area contributed by atoms with Crippen molar-refractivity contribution in [1.29, 1.82) is 0 Å². The van der Waals surface area contributed by atoms with E-state index in [2.05, 4.69) is 63.7 Å². The molecule has 6 N–H and O–H groups in total. The molecule has 4 aromatic rings. The van der Waals surface area contributed by atoms with Crippen molar-refractivity contribution in [3.63, 3.8) is 0 Å². The lowest BCUT2D eigenvalue weighted by Gasteiger charge is -2.33. The summed E-state index contributed by atoms with van der Waals surface area (Å²) < 4.78 is 7.83. The van der Waals surface area contributed by atoms with Crippen molar-refractivity contribution in [2.75, 3.05) is 7.11 Å². The zero-order valence-corrected chi connectivity index (χ0v) is 37.6. The zero-order chi connectivity index (χ0) is 42.7. The van der Waals surface area contributed by atoms with Gasteiger partial charge < -0.3 is 26.2 Å². The number of aliphatic carboxylic acids is 1. The lowest BCUT2D eigenvalue weighted by atomic mass is 9.77. The van der Waals surface area contributed by atoms with Crippen molar-refractivity contribution in [2.45, 2.75) is 82.3 Å². The summed E-state index contributed by atoms with van der Waals surface area (Å²) in [5.74, 6) is -1.94. The highest BCUT2D eigenvalue weighted by Gasteiger charge is 2.42. The van der Waals surface area contributed by atoms with Crippen LogP contribution in [-0.4, -0.2) is 60.1 Å². The molecule has 1 heterocycles. The smallest absolute Gasteiger partial charge is 0.329 e. The maximum atomic E-state index is 12.4. The number of carboxylic acids is 1. The number of amides is 4. The van der Waals surface area contributed by atoms with Crippen LogP contribution in [0.25, 0.3) is 0 Å². The SMILES string of the molecule is CC(C)(c1ccc(Br)cc1)C(N)C(=O)O.CC(C)(c1ccc(Br)cc1)C1NC(=O)NC1=O.COC(=O)C(NC(=O)Cc1ccccc1)C(C)(C)c1ccc(Br)cc1. The molecular formula is C43H49Br3N4O7. The minimum absolute atomic E-state index is 0.213. The third-order valence-corrected chi connectivity index (χ3v) is 11.6. The van der Waals surface area contributed by atoms with E-state index in [0.29, 0.717) is 0 Å². The van der Waals surface area contributed by atoms with Gasteiger partial charge in [0.05, 0.1) is 13.5 Å². The first kappa shape index (κ1) is 47.0. The number of nitrogens with one attached hydrogen (secondary N) is 3. The fourth-order valence-corrected chi connectivity index (χ4v) is 6.82. The standard InChI is InChI=1S/C20H22BrNO3.C12H13BrN2O2.C11H14BrNO2/c1-20(2,15-9-11-16(21)12-10-15)18(19(24)25-3)22-17(23)13-14-7-5-4-6-8-14;1-12(2,7-3-5-8(13)6-4-7)9-10(16)15-11(17)14-9;1-11(2,9(13)10(14)15)7-3-5-8(12)6-4-7/h4-12,18H,13H2,1-3H3,(H,22,23);3-6,9H,1-2H3,(H2,14,15,16,17);3-6,9H,13H2,1-2H3,(H,14,15). The Morgan fingerprint density at radius 1 is 0.737 bits per heavy atom. The number of imide groups is 1. The molecule has 1 aliphatic heterocycles. The van der Waals surface area contributed by atoms with Crippen molar-refractivity contribution >= 4 is 77.6 Å². The molecule has 1 aliphatic rings. The molecule has 11 nitrogen and oxygen atoms in total. The molecule has 4 aromatic carbocycles. The van der Waals surface area contributed by atoms with Gasteiger partial charge in [-0.3, -0.25) is 19.7 Å². The van der Waals surface area contributed by atoms with Gasteiger partial charge in [-0.05, 0) is 58.7 Å². The zero-order valence-electron chi connectivity index (χ0n) is 32.9. The fourth-order valence-electron chi connectivity index (χ4n) is 6.03. The van der Waals surface area contributed by atoms with Crippen molar-refractivity contribution < 1.29 is 33.8 Å². The van der Waals surface area contributed by atoms with Crippen LogP contribution in [-0.2, 0) is 46.6 Å². The van der Waals surface area contributed by atoms with E-state index in [-0.39, 0.29) is 18.2 Å². The molecule has 14 heteroatoms. The summed E-state index contributed by atoms with van der Waals surface area (Å²) in [7, 11) is 1.33. The number of methoxy groups -OCH3 is 1. The molecule has 5 rings (SSSR count). The minimum atomic E-state index is -0.983. The van der Waals surface area contributed by atoms with Gasteiger partial charge >= 0.3 is 18.0 Å². The summed E-state index contributed by atoms with van der Waals surface area (Å²) in [5, 5.41) is 16.6. The Kier molecular flexibility index (Phi) is 16.8. The highest BCUT2D eigenvalue weighted by atomic mass is 79.9. The van der Waals surface area contributed by atoms with Gasteiger partial charge in [-0.15, -0.1) is 0 Å². The molecule has 0 bridgehead atoms. The molecule has 304 valence electrons. The fraction of sp³-hybridized carbons (Fsp3) is 0.326. The van der Waals surface area contributed by atoms with E-state index in [1.165, 1.54) is 7.11 Å². The minimum Gasteiger partial charge on any atom is -0.480 e. The molecule has 57 heavy (non-hydrogen) atoms. The number of urea groups is 1. The maximum Gasteiger partial charge on any atom is 0.329 e. The number of hydrogen-bond donors (Lipinski definition) is 5. The van der Waals surface area contributed by atoms with Crippen LogP contribution in [0.5, 0.6) is 0 Å². The second-order valence-corrected chi connectivity index (χ2v) is 17.8. The van der Waals surface area contributed by atoms with E-state index >= 15 is 0 Å². The second kappa shape index (κ2) is 20.4. The Morgan fingerprint density at radius 2 is 1.18 bits per heavy atom. The van der Waals surface area contributed by atoms with Crippen LogP contribution in [0.2, 0.25) is 0 Å². The number of benzene rings is 4. The third-order valence-electron chi connectivity index (χ3n) is 9.98. The van der Waals surface area contributed by atoms with Gasteiger partial charge in [0, 0.05) is 29.7 Å². The van der Waals surface area contributed by atoms with Crippen LogP contribution >= 0.6 is 47.8 Å². The van der Waals surface area contributed by atoms with Gasteiger partial charge in [-0.25, -0.2) is 9.59 Å². The molecule has 3 atom stereocenters. The quantitative estimate of drug-likeness (QED) is 0.0751. The number of hydrogen-bond acceptors (Lipinski definition) is 7. The van der Waals surface area contributed by atoms with Crippen LogP contribution in [0, 0.1) is 0 Å². The Morgan fingerprint density at radius 3 is 1.58 bits per heavy atom. The Hall–Kier alpha value is -4.37. The predicted octanol–water partition coefficient (Wildman–Crippen LogP) is 7.70. The van der Waals surface area contributed by atoms with Crippen molar-refractivity contribution in [3.05, 3.63) is 139 Å². The molecule has 0 spiro atoms. The number of nitrogens with two attached hydrogens (primary N) is 1. The highest BCUT2D eigenvalue weighted by Crippen LogP contribution is 2.31. The summed E-state index contributed by atoms with van der Waals surface area (Å²) in [6.07, 6.45) is 0.213. The van der Waals surface area contributed by atoms with Gasteiger partial charge in [0.1, 0.15) is 18.1 Å². The lowest BCUT2D eigenvalue weighted by molar-refractivity contribution is -0.147. The number of carboxylic acid groups (broad SMARTS) is 1. The van der Waals surface area contributed by atoms with Crippen molar-refractivity contribution in [2.24, 2.45) is 5.73 Å². The van der Waals surface area contributed by atoms with E-state index in [1.807, 2.05) is 145 Å². The molecule has 0 aliphatic carbocycles. The molecule has 3 unspecified atom stereocenters. The van der Waals surface area contributed by atoms with Crippen LogP contribution in [0.15, 0.2) is 117 Å². The number of rotatable bonds is 11. The van der Waals surface area contributed by atoms with Crippen LogP contribution < -0.4 is 21.7 Å². The van der Waals surface area contributed by atoms with Gasteiger partial charge in [0.15, 0.2) is 0 Å². The molecule has 0 aromatic heterocycles. The Bertz CT molecular complexity index is 2010. The van der Waals surface area contributed by atoms with Crippen LogP contribution in [0.4, 0.5) is 4.79 Å². The Labute approximate surface area is 359 Å². The summed E-state index contributed by atoms with van der Waals surface area (Å²) in [4.78, 5) is 58.5. The second-order valence-electron chi connectivity index (χ2n) is 15.1. The first-order chi connectivity index (χ1) is 26.6. The van der Waals surface area contributed by atoms with Gasteiger partial charge in [0.25, 0.3) is 5.91 Å². The van der Waals surface area contributed by atoms with Gasteiger partial charge in [-0.2, -0.15) is 0 Å². The third kappa shape index (κ3) is 12.8.